The Hall–Kier alpha value is -1.09. The Labute approximate surface area is 98.1 Å². The maximum absolute atomic E-state index is 11.0. The molecule has 92 valence electrons. The van der Waals surface area contributed by atoms with Crippen LogP contribution in [-0.2, 0) is 14.3 Å². The van der Waals surface area contributed by atoms with Crippen molar-refractivity contribution in [3.8, 4) is 0 Å². The number of unbranched alkanes of at least 4 members (excludes halogenated alkanes) is 1. The Balaban J connectivity index is 3.43. The van der Waals surface area contributed by atoms with Crippen molar-refractivity contribution < 1.29 is 14.3 Å². The Morgan fingerprint density at radius 1 is 1.44 bits per heavy atom. The molecule has 0 spiro atoms. The van der Waals surface area contributed by atoms with Crippen molar-refractivity contribution in [2.75, 3.05) is 13.2 Å². The van der Waals surface area contributed by atoms with Gasteiger partial charge in [0.15, 0.2) is 0 Å². The maximum atomic E-state index is 11.0. The van der Waals surface area contributed by atoms with Crippen LogP contribution in [-0.4, -0.2) is 25.3 Å². The van der Waals surface area contributed by atoms with Crippen molar-refractivity contribution in [1.29, 1.82) is 0 Å². The van der Waals surface area contributed by atoms with Crippen molar-refractivity contribution in [1.82, 2.24) is 0 Å². The van der Waals surface area contributed by atoms with Crippen LogP contribution in [0.3, 0.4) is 0 Å². The topological polar surface area (TPSA) is 35.5 Å². The molecule has 0 fully saturated rings. The minimum Gasteiger partial charge on any atom is -0.462 e. The second kappa shape index (κ2) is 9.16. The number of esters is 1. The summed E-state index contributed by atoms with van der Waals surface area (Å²) >= 11 is 0. The highest BCUT2D eigenvalue weighted by Crippen LogP contribution is 2.02. The molecule has 1 atom stereocenters. The second-order valence-electron chi connectivity index (χ2n) is 3.82. The van der Waals surface area contributed by atoms with Gasteiger partial charge in [0.1, 0.15) is 0 Å². The first kappa shape index (κ1) is 14.9. The number of ether oxygens (including phenoxy) is 2. The fraction of sp³-hybridized carbons (Fsp3) is 0.615. The summed E-state index contributed by atoms with van der Waals surface area (Å²) in [5.74, 6) is -0.334. The number of carbonyl (C=O) groups is 1. The standard InChI is InChI=1S/C13H22O3/c1-5-6-7-9-15-12(4)8-10-16-13(14)11(2)3/h5,12H,1-2,6-10H2,3-4H3. The normalized spacial score (nSPS) is 11.9. The van der Waals surface area contributed by atoms with Gasteiger partial charge in [-0.15, -0.1) is 6.58 Å². The lowest BCUT2D eigenvalue weighted by molar-refractivity contribution is -0.139. The van der Waals surface area contributed by atoms with Gasteiger partial charge in [-0.3, -0.25) is 0 Å². The van der Waals surface area contributed by atoms with Gasteiger partial charge in [-0.1, -0.05) is 12.7 Å². The molecule has 0 aliphatic rings. The van der Waals surface area contributed by atoms with Crippen molar-refractivity contribution in [3.05, 3.63) is 24.8 Å². The minimum atomic E-state index is -0.334. The van der Waals surface area contributed by atoms with E-state index < -0.39 is 0 Å². The molecule has 0 aromatic heterocycles. The SMILES string of the molecule is C=CCCCOC(C)CCOC(=O)C(=C)C. The van der Waals surface area contributed by atoms with Gasteiger partial charge in [-0.05, 0) is 26.7 Å². The zero-order valence-corrected chi connectivity index (χ0v) is 10.3. The number of hydrogen-bond acceptors (Lipinski definition) is 3. The van der Waals surface area contributed by atoms with Gasteiger partial charge in [0, 0.05) is 18.6 Å². The molecule has 0 rings (SSSR count). The molecule has 0 aliphatic carbocycles. The largest absolute Gasteiger partial charge is 0.462 e. The molecule has 0 aliphatic heterocycles. The predicted molar refractivity (Wildman–Crippen MR) is 65.2 cm³/mol. The van der Waals surface area contributed by atoms with Crippen LogP contribution in [0.2, 0.25) is 0 Å². The van der Waals surface area contributed by atoms with Gasteiger partial charge in [-0.2, -0.15) is 0 Å². The number of carbonyl (C=O) groups excluding carboxylic acids is 1. The van der Waals surface area contributed by atoms with Crippen LogP contribution in [0.25, 0.3) is 0 Å². The van der Waals surface area contributed by atoms with Crippen molar-refractivity contribution >= 4 is 5.97 Å². The van der Waals surface area contributed by atoms with E-state index >= 15 is 0 Å². The summed E-state index contributed by atoms with van der Waals surface area (Å²) in [6.07, 6.45) is 4.66. The third-order valence-corrected chi connectivity index (χ3v) is 2.06. The Kier molecular flexibility index (Phi) is 8.53. The van der Waals surface area contributed by atoms with Crippen LogP contribution in [0.5, 0.6) is 0 Å². The van der Waals surface area contributed by atoms with E-state index in [2.05, 4.69) is 13.2 Å². The number of hydrogen-bond donors (Lipinski definition) is 0. The van der Waals surface area contributed by atoms with E-state index in [-0.39, 0.29) is 12.1 Å². The van der Waals surface area contributed by atoms with E-state index in [0.717, 1.165) is 19.4 Å². The monoisotopic (exact) mass is 226 g/mol. The zero-order valence-electron chi connectivity index (χ0n) is 10.3. The maximum Gasteiger partial charge on any atom is 0.333 e. The van der Waals surface area contributed by atoms with Crippen LogP contribution in [0.15, 0.2) is 24.8 Å². The van der Waals surface area contributed by atoms with Crippen LogP contribution >= 0.6 is 0 Å². The van der Waals surface area contributed by atoms with Crippen LogP contribution in [0.1, 0.15) is 33.1 Å². The highest BCUT2D eigenvalue weighted by Gasteiger charge is 2.06. The van der Waals surface area contributed by atoms with Gasteiger partial charge < -0.3 is 9.47 Å². The molecule has 3 nitrogen and oxygen atoms in total. The third kappa shape index (κ3) is 8.24. The molecule has 16 heavy (non-hydrogen) atoms. The average molecular weight is 226 g/mol. The van der Waals surface area contributed by atoms with E-state index in [9.17, 15) is 4.79 Å². The molecule has 1 unspecified atom stereocenters. The van der Waals surface area contributed by atoms with Crippen molar-refractivity contribution in [2.24, 2.45) is 0 Å². The van der Waals surface area contributed by atoms with E-state index in [1.54, 1.807) is 6.92 Å². The van der Waals surface area contributed by atoms with Gasteiger partial charge in [0.05, 0.1) is 12.7 Å². The molecule has 0 bridgehead atoms. The smallest absolute Gasteiger partial charge is 0.333 e. The highest BCUT2D eigenvalue weighted by molar-refractivity contribution is 5.86. The fourth-order valence-corrected chi connectivity index (χ4v) is 1.04. The first-order valence-corrected chi connectivity index (χ1v) is 5.63. The summed E-state index contributed by atoms with van der Waals surface area (Å²) in [6, 6.07) is 0. The van der Waals surface area contributed by atoms with Crippen molar-refractivity contribution in [2.45, 2.75) is 39.2 Å². The molecule has 0 aromatic rings. The lowest BCUT2D eigenvalue weighted by Gasteiger charge is -2.12. The lowest BCUT2D eigenvalue weighted by atomic mass is 10.3. The lowest BCUT2D eigenvalue weighted by Crippen LogP contribution is -2.15. The summed E-state index contributed by atoms with van der Waals surface area (Å²) in [7, 11) is 0. The Morgan fingerprint density at radius 3 is 2.69 bits per heavy atom. The summed E-state index contributed by atoms with van der Waals surface area (Å²) in [5, 5.41) is 0. The second-order valence-corrected chi connectivity index (χ2v) is 3.82. The molecule has 0 heterocycles. The van der Waals surface area contributed by atoms with E-state index in [4.69, 9.17) is 9.47 Å². The summed E-state index contributed by atoms with van der Waals surface area (Å²) < 4.78 is 10.5. The van der Waals surface area contributed by atoms with E-state index in [1.807, 2.05) is 13.0 Å². The van der Waals surface area contributed by atoms with Gasteiger partial charge in [-0.25, -0.2) is 4.79 Å². The fourth-order valence-electron chi connectivity index (χ4n) is 1.04. The number of rotatable bonds is 9. The van der Waals surface area contributed by atoms with Crippen molar-refractivity contribution in [3.63, 3.8) is 0 Å². The minimum absolute atomic E-state index is 0.114. The molecule has 0 saturated heterocycles. The Morgan fingerprint density at radius 2 is 2.12 bits per heavy atom. The Bertz CT molecular complexity index is 233. The molecule has 0 N–H and O–H groups in total. The molecule has 3 heteroatoms. The molecule has 0 radical (unpaired) electrons. The number of allylic oxidation sites excluding steroid dienone is 1. The molecular weight excluding hydrogens is 204 g/mol. The molecule has 0 aromatic carbocycles. The first-order chi connectivity index (χ1) is 7.57. The zero-order chi connectivity index (χ0) is 12.4. The van der Waals surface area contributed by atoms with E-state index in [0.29, 0.717) is 18.6 Å². The summed E-state index contributed by atoms with van der Waals surface area (Å²) in [4.78, 5) is 11.0. The van der Waals surface area contributed by atoms with E-state index in [1.165, 1.54) is 0 Å². The van der Waals surface area contributed by atoms with Gasteiger partial charge in [0.25, 0.3) is 0 Å². The molecule has 0 saturated carbocycles. The van der Waals surface area contributed by atoms with Crippen LogP contribution in [0, 0.1) is 0 Å². The predicted octanol–water partition coefficient (Wildman–Crippen LogP) is 2.87. The van der Waals surface area contributed by atoms with Crippen LogP contribution in [0.4, 0.5) is 0 Å². The van der Waals surface area contributed by atoms with Crippen LogP contribution < -0.4 is 0 Å². The highest BCUT2D eigenvalue weighted by atomic mass is 16.5. The molecular formula is C13H22O3. The summed E-state index contributed by atoms with van der Waals surface area (Å²) in [5.41, 5.74) is 0.430. The summed E-state index contributed by atoms with van der Waals surface area (Å²) in [6.45, 7) is 11.9. The molecule has 0 amide bonds. The third-order valence-electron chi connectivity index (χ3n) is 2.06. The quantitative estimate of drug-likeness (QED) is 0.262. The first-order valence-electron chi connectivity index (χ1n) is 5.63. The van der Waals surface area contributed by atoms with Gasteiger partial charge >= 0.3 is 5.97 Å². The van der Waals surface area contributed by atoms with Gasteiger partial charge in [0.2, 0.25) is 0 Å². The average Bonchev–Trinajstić information content (AvgIpc) is 2.24.